The highest BCUT2D eigenvalue weighted by molar-refractivity contribution is 5.87. The molecule has 0 atom stereocenters. The van der Waals surface area contributed by atoms with Crippen molar-refractivity contribution in [3.63, 3.8) is 0 Å². The Morgan fingerprint density at radius 2 is 1.94 bits per heavy atom. The average molecular weight is 434 g/mol. The van der Waals surface area contributed by atoms with Gasteiger partial charge >= 0.3 is 5.97 Å². The number of aromatic amines is 1. The molecule has 2 aromatic carbocycles. The molecule has 9 heteroatoms. The van der Waals surface area contributed by atoms with Crippen LogP contribution in [0.3, 0.4) is 0 Å². The molecular formula is C23H23FN6O2. The van der Waals surface area contributed by atoms with Crippen molar-refractivity contribution in [1.29, 1.82) is 0 Å². The van der Waals surface area contributed by atoms with E-state index in [0.717, 1.165) is 17.5 Å². The Hall–Kier alpha value is -3.88. The zero-order valence-electron chi connectivity index (χ0n) is 17.8. The second kappa shape index (κ2) is 9.09. The van der Waals surface area contributed by atoms with Gasteiger partial charge in [0.25, 0.3) is 0 Å². The Labute approximate surface area is 184 Å². The second-order valence-corrected chi connectivity index (χ2v) is 7.41. The molecule has 0 radical (unpaired) electrons. The lowest BCUT2D eigenvalue weighted by molar-refractivity contribution is 0.0684. The number of H-pyrrole nitrogens is 1. The normalized spacial score (nSPS) is 11.1. The molecule has 0 aliphatic carbocycles. The molecule has 0 saturated carbocycles. The van der Waals surface area contributed by atoms with E-state index < -0.39 is 11.8 Å². The van der Waals surface area contributed by atoms with Crippen LogP contribution < -0.4 is 0 Å². The molecule has 0 aliphatic rings. The number of aryl methyl sites for hydroxylation is 2. The first-order valence-corrected chi connectivity index (χ1v) is 10.5. The Morgan fingerprint density at radius 1 is 1.16 bits per heavy atom. The van der Waals surface area contributed by atoms with Crippen LogP contribution in [0.15, 0.2) is 42.5 Å². The van der Waals surface area contributed by atoms with Crippen LogP contribution in [-0.4, -0.2) is 41.3 Å². The van der Waals surface area contributed by atoms with Gasteiger partial charge in [0.05, 0.1) is 12.2 Å². The number of benzene rings is 2. The fourth-order valence-electron chi connectivity index (χ4n) is 3.84. The van der Waals surface area contributed by atoms with Crippen LogP contribution in [0.5, 0.6) is 0 Å². The highest BCUT2D eigenvalue weighted by Gasteiger charge is 2.22. The zero-order chi connectivity index (χ0) is 22.7. The Kier molecular flexibility index (Phi) is 6.07. The molecule has 2 N–H and O–H groups in total. The minimum absolute atomic E-state index is 0.0998. The molecule has 0 saturated heterocycles. The van der Waals surface area contributed by atoms with Gasteiger partial charge in [-0.2, -0.15) is 5.21 Å². The second-order valence-electron chi connectivity index (χ2n) is 7.41. The monoisotopic (exact) mass is 434 g/mol. The van der Waals surface area contributed by atoms with E-state index in [1.165, 1.54) is 6.07 Å². The van der Waals surface area contributed by atoms with Gasteiger partial charge in [-0.25, -0.2) is 14.2 Å². The SMILES string of the molecule is CCCc1nc(CC)c(C(=O)O)n1Cc1ccc(-c2ccccc2-c2nn[nH]n2)cc1F. The van der Waals surface area contributed by atoms with Crippen LogP contribution in [0.25, 0.3) is 22.5 Å². The number of halogens is 1. The van der Waals surface area contributed by atoms with E-state index in [4.69, 9.17) is 0 Å². The maximum Gasteiger partial charge on any atom is 0.354 e. The third-order valence-corrected chi connectivity index (χ3v) is 5.34. The van der Waals surface area contributed by atoms with Crippen LogP contribution in [-0.2, 0) is 19.4 Å². The van der Waals surface area contributed by atoms with Gasteiger partial charge in [-0.15, -0.1) is 10.2 Å². The van der Waals surface area contributed by atoms with Crippen molar-refractivity contribution in [2.45, 2.75) is 39.7 Å². The molecule has 4 rings (SSSR count). The van der Waals surface area contributed by atoms with Gasteiger partial charge in [0.2, 0.25) is 5.82 Å². The number of aromatic carboxylic acids is 1. The molecule has 0 aliphatic heterocycles. The van der Waals surface area contributed by atoms with Crippen LogP contribution in [0.1, 0.15) is 47.8 Å². The Bertz CT molecular complexity index is 1250. The smallest absolute Gasteiger partial charge is 0.354 e. The molecule has 0 spiro atoms. The molecule has 164 valence electrons. The maximum absolute atomic E-state index is 15.2. The van der Waals surface area contributed by atoms with E-state index in [9.17, 15) is 9.90 Å². The molecule has 4 aromatic rings. The van der Waals surface area contributed by atoms with Gasteiger partial charge in [0.1, 0.15) is 11.6 Å². The largest absolute Gasteiger partial charge is 0.477 e. The highest BCUT2D eigenvalue weighted by atomic mass is 19.1. The quantitative estimate of drug-likeness (QED) is 0.432. The van der Waals surface area contributed by atoms with E-state index in [1.807, 2.05) is 44.2 Å². The lowest BCUT2D eigenvalue weighted by Crippen LogP contribution is -2.14. The van der Waals surface area contributed by atoms with E-state index in [1.54, 1.807) is 10.6 Å². The predicted octanol–water partition coefficient (Wildman–Crippen LogP) is 4.13. The van der Waals surface area contributed by atoms with Crippen molar-refractivity contribution in [2.24, 2.45) is 0 Å². The number of hydrogen-bond donors (Lipinski definition) is 2. The van der Waals surface area contributed by atoms with Gasteiger partial charge in [-0.3, -0.25) is 0 Å². The van der Waals surface area contributed by atoms with Gasteiger partial charge in [-0.1, -0.05) is 50.2 Å². The molecule has 8 nitrogen and oxygen atoms in total. The van der Waals surface area contributed by atoms with Gasteiger partial charge < -0.3 is 9.67 Å². The van der Waals surface area contributed by atoms with Crippen molar-refractivity contribution in [3.05, 3.63) is 71.1 Å². The Morgan fingerprint density at radius 3 is 2.56 bits per heavy atom. The van der Waals surface area contributed by atoms with E-state index in [2.05, 4.69) is 25.6 Å². The number of tetrazole rings is 1. The number of nitrogens with one attached hydrogen (secondary N) is 1. The zero-order valence-corrected chi connectivity index (χ0v) is 17.8. The number of aromatic nitrogens is 6. The number of carboxylic acid groups (broad SMARTS) is 1. The minimum atomic E-state index is -1.05. The van der Waals surface area contributed by atoms with E-state index >= 15 is 4.39 Å². The van der Waals surface area contributed by atoms with E-state index in [-0.39, 0.29) is 12.2 Å². The minimum Gasteiger partial charge on any atom is -0.477 e. The maximum atomic E-state index is 15.2. The van der Waals surface area contributed by atoms with Gasteiger partial charge in [0, 0.05) is 17.5 Å². The summed E-state index contributed by atoms with van der Waals surface area (Å²) in [6.45, 7) is 3.97. The average Bonchev–Trinajstić information content (AvgIpc) is 3.44. The summed E-state index contributed by atoms with van der Waals surface area (Å²) >= 11 is 0. The lowest BCUT2D eigenvalue weighted by atomic mass is 9.98. The third kappa shape index (κ3) is 4.01. The predicted molar refractivity (Wildman–Crippen MR) is 117 cm³/mol. The summed E-state index contributed by atoms with van der Waals surface area (Å²) in [5.41, 5.74) is 3.21. The first-order chi connectivity index (χ1) is 15.5. The number of nitrogens with zero attached hydrogens (tertiary/aromatic N) is 5. The summed E-state index contributed by atoms with van der Waals surface area (Å²) in [5, 5.41) is 23.8. The fraction of sp³-hybridized carbons (Fsp3) is 0.261. The third-order valence-electron chi connectivity index (χ3n) is 5.34. The number of imidazole rings is 1. The summed E-state index contributed by atoms with van der Waals surface area (Å²) in [5.74, 6) is -0.391. The van der Waals surface area contributed by atoms with Crippen molar-refractivity contribution in [3.8, 4) is 22.5 Å². The molecule has 0 amide bonds. The van der Waals surface area contributed by atoms with Crippen LogP contribution in [0.4, 0.5) is 4.39 Å². The summed E-state index contributed by atoms with van der Waals surface area (Å²) < 4.78 is 16.8. The van der Waals surface area contributed by atoms with Crippen molar-refractivity contribution >= 4 is 5.97 Å². The summed E-state index contributed by atoms with van der Waals surface area (Å²) in [7, 11) is 0. The first-order valence-electron chi connectivity index (χ1n) is 10.5. The molecule has 32 heavy (non-hydrogen) atoms. The topological polar surface area (TPSA) is 110 Å². The fourth-order valence-corrected chi connectivity index (χ4v) is 3.84. The summed E-state index contributed by atoms with van der Waals surface area (Å²) in [4.78, 5) is 16.4. The summed E-state index contributed by atoms with van der Waals surface area (Å²) in [6, 6.07) is 12.4. The van der Waals surface area contributed by atoms with Crippen molar-refractivity contribution in [2.75, 3.05) is 0 Å². The number of carbonyl (C=O) groups is 1. The van der Waals surface area contributed by atoms with Crippen molar-refractivity contribution < 1.29 is 14.3 Å². The lowest BCUT2D eigenvalue weighted by Gasteiger charge is -2.13. The molecular weight excluding hydrogens is 411 g/mol. The number of carboxylic acids is 1. The van der Waals surface area contributed by atoms with Gasteiger partial charge in [0.15, 0.2) is 5.69 Å². The molecule has 2 heterocycles. The van der Waals surface area contributed by atoms with Crippen LogP contribution in [0.2, 0.25) is 0 Å². The molecule has 0 fully saturated rings. The standard InChI is InChI=1S/C23H23FN6O2/c1-3-7-20-25-19(4-2)21(23(31)32)30(20)13-15-11-10-14(12-18(15)24)16-8-5-6-9-17(16)22-26-28-29-27-22/h5-6,8-12H,3-4,7,13H2,1-2H3,(H,31,32)(H,26,27,28,29). The Balaban J connectivity index is 1.73. The van der Waals surface area contributed by atoms with Crippen LogP contribution >= 0.6 is 0 Å². The molecule has 0 unspecified atom stereocenters. The van der Waals surface area contributed by atoms with E-state index in [0.29, 0.717) is 41.3 Å². The first kappa shape index (κ1) is 21.4. The van der Waals surface area contributed by atoms with Gasteiger partial charge in [-0.05, 0) is 35.2 Å². The highest BCUT2D eigenvalue weighted by Crippen LogP contribution is 2.31. The molecule has 2 aromatic heterocycles. The number of hydrogen-bond acceptors (Lipinski definition) is 5. The number of rotatable bonds is 8. The molecule has 0 bridgehead atoms. The van der Waals surface area contributed by atoms with Crippen molar-refractivity contribution in [1.82, 2.24) is 30.2 Å². The van der Waals surface area contributed by atoms with Crippen LogP contribution in [0, 0.1) is 5.82 Å². The summed E-state index contributed by atoms with van der Waals surface area (Å²) in [6.07, 6.45) is 1.94.